The average molecular weight is 665 g/mol. The van der Waals surface area contributed by atoms with E-state index in [9.17, 15) is 37.6 Å². The number of amides is 4. The van der Waals surface area contributed by atoms with Gasteiger partial charge in [0.25, 0.3) is 5.91 Å². The second-order valence-corrected chi connectivity index (χ2v) is 13.4. The normalized spacial score (nSPS) is 20.1. The molecular weight excluding hydrogens is 629 g/mol. The second kappa shape index (κ2) is 12.4. The Balaban J connectivity index is 1.38. The molecule has 0 saturated carbocycles. The highest BCUT2D eigenvalue weighted by Gasteiger charge is 2.57. The van der Waals surface area contributed by atoms with Crippen molar-refractivity contribution in [1.29, 1.82) is 5.26 Å². The molecule has 0 aliphatic carbocycles. The molecule has 4 atom stereocenters. The molecule has 1 spiro atoms. The molecule has 0 bridgehead atoms. The van der Waals surface area contributed by atoms with Gasteiger partial charge in [0.15, 0.2) is 5.75 Å². The van der Waals surface area contributed by atoms with Gasteiger partial charge in [-0.05, 0) is 48.6 Å². The molecule has 4 amide bonds. The zero-order chi connectivity index (χ0) is 35.2. The first-order valence-corrected chi connectivity index (χ1v) is 15.3. The van der Waals surface area contributed by atoms with Gasteiger partial charge in [-0.25, -0.2) is 0 Å². The maximum atomic E-state index is 14.3. The van der Waals surface area contributed by atoms with Crippen LogP contribution in [0.5, 0.6) is 5.75 Å². The number of aromatic nitrogens is 1. The summed E-state index contributed by atoms with van der Waals surface area (Å²) in [5.74, 6) is -2.99. The lowest BCUT2D eigenvalue weighted by atomic mass is 9.80. The van der Waals surface area contributed by atoms with Gasteiger partial charge in [0, 0.05) is 42.8 Å². The van der Waals surface area contributed by atoms with Crippen LogP contribution in [0, 0.1) is 16.7 Å². The molecule has 48 heavy (non-hydrogen) atoms. The number of para-hydroxylation sites is 1. The standard InChI is InChI=1S/C34H35F3N6O5/c1-19(40-28(44)21-13-20-9-8-12-39-27(20)26(14-21)48-34(35,36)37)29(45)42(5)25(16-32(2,3)4)30(46)43-18-33(15-22(43)17-38)23-10-6-7-11-24(23)41-31(33)47/h6-14,19,22,25H,15-16,18H2,1-5H3,(H,40,44)(H,41,47)/t19-,22-,25-,33-/m0/s1. The van der Waals surface area contributed by atoms with Crippen molar-refractivity contribution in [2.75, 3.05) is 18.9 Å². The molecule has 0 radical (unpaired) electrons. The molecule has 11 nitrogen and oxygen atoms in total. The lowest BCUT2D eigenvalue weighted by molar-refractivity contribution is -0.274. The Hall–Kier alpha value is -5.19. The highest BCUT2D eigenvalue weighted by molar-refractivity contribution is 6.07. The number of likely N-dealkylation sites (N-methyl/N-ethyl adjacent to an activating group) is 1. The van der Waals surface area contributed by atoms with Crippen molar-refractivity contribution in [3.8, 4) is 11.8 Å². The van der Waals surface area contributed by atoms with Crippen molar-refractivity contribution in [3.63, 3.8) is 0 Å². The fourth-order valence-electron chi connectivity index (χ4n) is 6.44. The third-order valence-electron chi connectivity index (χ3n) is 8.70. The van der Waals surface area contributed by atoms with E-state index in [-0.39, 0.29) is 41.8 Å². The molecule has 1 saturated heterocycles. The van der Waals surface area contributed by atoms with Crippen LogP contribution in [0.3, 0.4) is 0 Å². The number of nitrogens with zero attached hydrogens (tertiary/aromatic N) is 4. The van der Waals surface area contributed by atoms with Gasteiger partial charge in [0.05, 0.1) is 11.5 Å². The Morgan fingerprint density at radius 1 is 1.19 bits per heavy atom. The third-order valence-corrected chi connectivity index (χ3v) is 8.70. The van der Waals surface area contributed by atoms with Gasteiger partial charge in [-0.2, -0.15) is 5.26 Å². The summed E-state index contributed by atoms with van der Waals surface area (Å²) in [7, 11) is 1.42. The van der Waals surface area contributed by atoms with Gasteiger partial charge in [0.1, 0.15) is 23.6 Å². The first kappa shape index (κ1) is 34.2. The van der Waals surface area contributed by atoms with Crippen molar-refractivity contribution in [1.82, 2.24) is 20.1 Å². The zero-order valence-electron chi connectivity index (χ0n) is 27.0. The Labute approximate surface area is 275 Å². The number of hydrogen-bond donors (Lipinski definition) is 2. The number of nitriles is 1. The molecule has 3 heterocycles. The van der Waals surface area contributed by atoms with Crippen molar-refractivity contribution in [3.05, 3.63) is 65.9 Å². The van der Waals surface area contributed by atoms with Crippen LogP contribution in [-0.4, -0.2) is 76.5 Å². The number of nitrogens with one attached hydrogen (secondary N) is 2. The SMILES string of the molecule is C[C@H](NC(=O)c1cc(OC(F)(F)F)c2ncccc2c1)C(=O)N(C)[C@@H](CC(C)(C)C)C(=O)N1C[C@]2(C[C@H]1C#N)C(=O)Nc1ccccc12. The maximum absolute atomic E-state index is 14.3. The predicted octanol–water partition coefficient (Wildman–Crippen LogP) is 4.53. The van der Waals surface area contributed by atoms with E-state index in [0.717, 1.165) is 6.07 Å². The molecule has 0 unspecified atom stereocenters. The minimum absolute atomic E-state index is 0.0545. The number of anilines is 1. The zero-order valence-corrected chi connectivity index (χ0v) is 27.0. The molecule has 2 aliphatic rings. The smallest absolute Gasteiger partial charge is 0.403 e. The number of pyridine rings is 1. The summed E-state index contributed by atoms with van der Waals surface area (Å²) in [6.07, 6.45) is -3.47. The molecule has 1 fully saturated rings. The number of benzene rings is 2. The number of rotatable bonds is 7. The number of likely N-dealkylation sites (tertiary alicyclic amines) is 1. The van der Waals surface area contributed by atoms with E-state index in [1.54, 1.807) is 24.3 Å². The fraction of sp³-hybridized carbons (Fsp3) is 0.412. The summed E-state index contributed by atoms with van der Waals surface area (Å²) < 4.78 is 43.5. The molecule has 2 N–H and O–H groups in total. The van der Waals surface area contributed by atoms with Gasteiger partial charge in [0.2, 0.25) is 17.7 Å². The maximum Gasteiger partial charge on any atom is 0.573 e. The fourth-order valence-corrected chi connectivity index (χ4v) is 6.44. The second-order valence-electron chi connectivity index (χ2n) is 13.4. The van der Waals surface area contributed by atoms with Gasteiger partial charge < -0.3 is 25.2 Å². The van der Waals surface area contributed by atoms with Crippen molar-refractivity contribution < 1.29 is 37.1 Å². The van der Waals surface area contributed by atoms with Crippen LogP contribution in [0.1, 0.15) is 56.5 Å². The largest absolute Gasteiger partial charge is 0.573 e. The molecule has 1 aromatic heterocycles. The predicted molar refractivity (Wildman–Crippen MR) is 168 cm³/mol. The van der Waals surface area contributed by atoms with Crippen LogP contribution < -0.4 is 15.4 Å². The first-order valence-electron chi connectivity index (χ1n) is 15.3. The Bertz CT molecular complexity index is 1830. The molecular formula is C34H35F3N6O5. The van der Waals surface area contributed by atoms with E-state index in [1.807, 2.05) is 20.8 Å². The van der Waals surface area contributed by atoms with E-state index >= 15 is 0 Å². The third kappa shape index (κ3) is 6.62. The van der Waals surface area contributed by atoms with Crippen molar-refractivity contribution in [2.24, 2.45) is 5.41 Å². The molecule has 3 aromatic rings. The quantitative estimate of drug-likeness (QED) is 0.378. The minimum Gasteiger partial charge on any atom is -0.403 e. The van der Waals surface area contributed by atoms with E-state index in [2.05, 4.69) is 26.4 Å². The van der Waals surface area contributed by atoms with Crippen LogP contribution in [0.2, 0.25) is 0 Å². The molecule has 5 rings (SSSR count). The summed E-state index contributed by atoms with van der Waals surface area (Å²) in [6.45, 7) is 7.01. The number of fused-ring (bicyclic) bond motifs is 3. The highest BCUT2D eigenvalue weighted by Crippen LogP contribution is 2.46. The minimum atomic E-state index is -5.04. The summed E-state index contributed by atoms with van der Waals surface area (Å²) in [5, 5.41) is 15.7. The lowest BCUT2D eigenvalue weighted by Crippen LogP contribution is -2.56. The summed E-state index contributed by atoms with van der Waals surface area (Å²) in [4.78, 5) is 61.1. The van der Waals surface area contributed by atoms with E-state index < -0.39 is 58.8 Å². The number of carbonyl (C=O) groups excluding carboxylic acids is 4. The Kier molecular flexibility index (Phi) is 8.85. The summed E-state index contributed by atoms with van der Waals surface area (Å²) >= 11 is 0. The molecule has 14 heteroatoms. The molecule has 2 aliphatic heterocycles. The molecule has 2 aromatic carbocycles. The number of carbonyl (C=O) groups is 4. The van der Waals surface area contributed by atoms with E-state index in [1.165, 1.54) is 48.2 Å². The van der Waals surface area contributed by atoms with Crippen LogP contribution >= 0.6 is 0 Å². The van der Waals surface area contributed by atoms with Gasteiger partial charge >= 0.3 is 6.36 Å². The van der Waals surface area contributed by atoms with E-state index in [0.29, 0.717) is 11.3 Å². The van der Waals surface area contributed by atoms with Crippen LogP contribution in [-0.2, 0) is 19.8 Å². The molecule has 252 valence electrons. The summed E-state index contributed by atoms with van der Waals surface area (Å²) in [6, 6.07) is 11.3. The van der Waals surface area contributed by atoms with E-state index in [4.69, 9.17) is 0 Å². The van der Waals surface area contributed by atoms with Crippen LogP contribution in [0.25, 0.3) is 10.9 Å². The Morgan fingerprint density at radius 3 is 2.56 bits per heavy atom. The van der Waals surface area contributed by atoms with Crippen molar-refractivity contribution in [2.45, 2.75) is 70.4 Å². The number of hydrogen-bond acceptors (Lipinski definition) is 7. The monoisotopic (exact) mass is 664 g/mol. The Morgan fingerprint density at radius 2 is 1.90 bits per heavy atom. The first-order chi connectivity index (χ1) is 22.4. The van der Waals surface area contributed by atoms with Gasteiger partial charge in [-0.1, -0.05) is 45.0 Å². The highest BCUT2D eigenvalue weighted by atomic mass is 19.4. The van der Waals surface area contributed by atoms with Gasteiger partial charge in [-0.3, -0.25) is 24.2 Å². The van der Waals surface area contributed by atoms with Crippen molar-refractivity contribution >= 4 is 40.2 Å². The van der Waals surface area contributed by atoms with Crippen LogP contribution in [0.15, 0.2) is 54.7 Å². The van der Waals surface area contributed by atoms with Gasteiger partial charge in [-0.15, -0.1) is 13.2 Å². The topological polar surface area (TPSA) is 145 Å². The van der Waals surface area contributed by atoms with Crippen LogP contribution in [0.4, 0.5) is 18.9 Å². The lowest BCUT2D eigenvalue weighted by Gasteiger charge is -2.36. The summed E-state index contributed by atoms with van der Waals surface area (Å²) in [5.41, 5.74) is -0.562. The number of ether oxygens (including phenoxy) is 1. The number of alkyl halides is 3. The number of halogens is 3. The average Bonchev–Trinajstić information content (AvgIpc) is 3.55.